The Labute approximate surface area is 116 Å². The number of likely N-dealkylation sites (N-methyl/N-ethyl adjacent to an activating group) is 1. The summed E-state index contributed by atoms with van der Waals surface area (Å²) in [5.41, 5.74) is 1.28. The molecule has 1 aromatic rings. The molecule has 0 aliphatic carbocycles. The third-order valence-electron chi connectivity index (χ3n) is 4.15. The van der Waals surface area contributed by atoms with Gasteiger partial charge in [0.15, 0.2) is 0 Å². The molecule has 0 spiro atoms. The lowest BCUT2D eigenvalue weighted by molar-refractivity contribution is 0.0834. The molecule has 1 atom stereocenters. The van der Waals surface area contributed by atoms with Gasteiger partial charge in [-0.2, -0.15) is 0 Å². The van der Waals surface area contributed by atoms with Gasteiger partial charge in [-0.25, -0.2) is 0 Å². The Balaban J connectivity index is 1.95. The van der Waals surface area contributed by atoms with Crippen molar-refractivity contribution in [2.24, 2.45) is 0 Å². The standard InChI is InChI=1S/C15H27N3O/c1-5-14-10-18(7-6-17(14)4)11-15-8-13(9-16-3)12(2)19-15/h8,14,16H,5-7,9-11H2,1-4H3. The summed E-state index contributed by atoms with van der Waals surface area (Å²) in [4.78, 5) is 4.98. The van der Waals surface area contributed by atoms with Crippen molar-refractivity contribution in [3.8, 4) is 0 Å². The average Bonchev–Trinajstić information content (AvgIpc) is 2.73. The van der Waals surface area contributed by atoms with Crippen LogP contribution in [0.3, 0.4) is 0 Å². The minimum Gasteiger partial charge on any atom is -0.465 e. The lowest BCUT2D eigenvalue weighted by Gasteiger charge is -2.38. The second-order valence-corrected chi connectivity index (χ2v) is 5.60. The Bertz CT molecular complexity index is 402. The Morgan fingerprint density at radius 2 is 2.21 bits per heavy atom. The highest BCUT2D eigenvalue weighted by molar-refractivity contribution is 5.20. The van der Waals surface area contributed by atoms with E-state index in [0.29, 0.717) is 6.04 Å². The van der Waals surface area contributed by atoms with E-state index in [1.54, 1.807) is 0 Å². The van der Waals surface area contributed by atoms with Crippen molar-refractivity contribution < 1.29 is 4.42 Å². The Hall–Kier alpha value is -0.840. The molecule has 1 unspecified atom stereocenters. The maximum absolute atomic E-state index is 5.87. The van der Waals surface area contributed by atoms with Crippen LogP contribution in [0.2, 0.25) is 0 Å². The van der Waals surface area contributed by atoms with Gasteiger partial charge in [0, 0.05) is 37.8 Å². The maximum Gasteiger partial charge on any atom is 0.118 e. The van der Waals surface area contributed by atoms with Gasteiger partial charge in [-0.1, -0.05) is 6.92 Å². The minimum absolute atomic E-state index is 0.682. The lowest BCUT2D eigenvalue weighted by Crippen LogP contribution is -2.50. The first-order valence-corrected chi connectivity index (χ1v) is 7.29. The van der Waals surface area contributed by atoms with Crippen molar-refractivity contribution in [1.29, 1.82) is 0 Å². The van der Waals surface area contributed by atoms with Crippen LogP contribution in [0.1, 0.15) is 30.4 Å². The fraction of sp³-hybridized carbons (Fsp3) is 0.733. The normalized spacial score (nSPS) is 22.0. The van der Waals surface area contributed by atoms with E-state index < -0.39 is 0 Å². The molecule has 0 amide bonds. The molecular weight excluding hydrogens is 238 g/mol. The quantitative estimate of drug-likeness (QED) is 0.880. The number of nitrogens with zero attached hydrogens (tertiary/aromatic N) is 2. The molecule has 0 saturated carbocycles. The SMILES string of the molecule is CCC1CN(Cc2cc(CNC)c(C)o2)CCN1C. The Morgan fingerprint density at radius 3 is 2.89 bits per heavy atom. The predicted octanol–water partition coefficient (Wildman–Crippen LogP) is 1.83. The molecule has 0 bridgehead atoms. The number of hydrogen-bond donors (Lipinski definition) is 1. The molecular formula is C15H27N3O. The van der Waals surface area contributed by atoms with Gasteiger partial charge in [0.1, 0.15) is 11.5 Å². The van der Waals surface area contributed by atoms with Gasteiger partial charge in [-0.05, 0) is 33.5 Å². The molecule has 1 fully saturated rings. The zero-order valence-electron chi connectivity index (χ0n) is 12.7. The first-order chi connectivity index (χ1) is 9.13. The van der Waals surface area contributed by atoms with Crippen LogP contribution >= 0.6 is 0 Å². The van der Waals surface area contributed by atoms with Crippen LogP contribution in [-0.4, -0.2) is 49.6 Å². The van der Waals surface area contributed by atoms with Gasteiger partial charge in [0.2, 0.25) is 0 Å². The third kappa shape index (κ3) is 3.59. The van der Waals surface area contributed by atoms with Crippen LogP contribution in [0.15, 0.2) is 10.5 Å². The topological polar surface area (TPSA) is 31.6 Å². The fourth-order valence-electron chi connectivity index (χ4n) is 2.85. The first-order valence-electron chi connectivity index (χ1n) is 7.29. The number of furan rings is 1. The molecule has 108 valence electrons. The predicted molar refractivity (Wildman–Crippen MR) is 78.2 cm³/mol. The zero-order chi connectivity index (χ0) is 13.8. The van der Waals surface area contributed by atoms with Crippen LogP contribution in [0.25, 0.3) is 0 Å². The number of piperazine rings is 1. The van der Waals surface area contributed by atoms with Crippen molar-refractivity contribution in [3.05, 3.63) is 23.2 Å². The Kier molecular flexibility index (Phi) is 5.02. The van der Waals surface area contributed by atoms with E-state index in [-0.39, 0.29) is 0 Å². The van der Waals surface area contributed by atoms with E-state index >= 15 is 0 Å². The molecule has 1 aliphatic rings. The van der Waals surface area contributed by atoms with E-state index in [1.165, 1.54) is 12.0 Å². The van der Waals surface area contributed by atoms with E-state index in [1.807, 2.05) is 7.05 Å². The summed E-state index contributed by atoms with van der Waals surface area (Å²) in [6, 6.07) is 2.88. The van der Waals surface area contributed by atoms with Crippen LogP contribution in [0.5, 0.6) is 0 Å². The van der Waals surface area contributed by atoms with E-state index in [2.05, 4.69) is 42.1 Å². The average molecular weight is 265 g/mol. The van der Waals surface area contributed by atoms with E-state index in [0.717, 1.165) is 44.2 Å². The zero-order valence-corrected chi connectivity index (χ0v) is 12.7. The summed E-state index contributed by atoms with van der Waals surface area (Å²) in [5, 5.41) is 3.18. The van der Waals surface area contributed by atoms with Crippen LogP contribution < -0.4 is 5.32 Å². The molecule has 4 heteroatoms. The molecule has 2 heterocycles. The number of rotatable bonds is 5. The summed E-state index contributed by atoms with van der Waals surface area (Å²) in [6.45, 7) is 9.58. The van der Waals surface area contributed by atoms with Crippen LogP contribution in [0.4, 0.5) is 0 Å². The second-order valence-electron chi connectivity index (χ2n) is 5.60. The van der Waals surface area contributed by atoms with Gasteiger partial charge in [0.25, 0.3) is 0 Å². The van der Waals surface area contributed by atoms with Gasteiger partial charge in [-0.15, -0.1) is 0 Å². The minimum atomic E-state index is 0.682. The van der Waals surface area contributed by atoms with Crippen LogP contribution in [-0.2, 0) is 13.1 Å². The summed E-state index contributed by atoms with van der Waals surface area (Å²) in [5.74, 6) is 2.15. The van der Waals surface area contributed by atoms with Gasteiger partial charge < -0.3 is 14.6 Å². The molecule has 4 nitrogen and oxygen atoms in total. The van der Waals surface area contributed by atoms with Gasteiger partial charge in [-0.3, -0.25) is 4.90 Å². The highest BCUT2D eigenvalue weighted by Crippen LogP contribution is 2.18. The summed E-state index contributed by atoms with van der Waals surface area (Å²) < 4.78 is 5.87. The fourth-order valence-corrected chi connectivity index (χ4v) is 2.85. The largest absolute Gasteiger partial charge is 0.465 e. The highest BCUT2D eigenvalue weighted by Gasteiger charge is 2.23. The summed E-state index contributed by atoms with van der Waals surface area (Å²) in [6.07, 6.45) is 1.22. The monoisotopic (exact) mass is 265 g/mol. The van der Waals surface area contributed by atoms with Gasteiger partial charge >= 0.3 is 0 Å². The van der Waals surface area contributed by atoms with Crippen molar-refractivity contribution >= 4 is 0 Å². The molecule has 1 aliphatic heterocycles. The molecule has 1 saturated heterocycles. The van der Waals surface area contributed by atoms with Crippen molar-refractivity contribution in [2.45, 2.75) is 39.4 Å². The molecule has 19 heavy (non-hydrogen) atoms. The van der Waals surface area contributed by atoms with Crippen LogP contribution in [0, 0.1) is 6.92 Å². The van der Waals surface area contributed by atoms with E-state index in [4.69, 9.17) is 4.42 Å². The van der Waals surface area contributed by atoms with Gasteiger partial charge in [0.05, 0.1) is 6.54 Å². The van der Waals surface area contributed by atoms with Crippen molar-refractivity contribution in [1.82, 2.24) is 15.1 Å². The molecule has 2 rings (SSSR count). The van der Waals surface area contributed by atoms with Crippen molar-refractivity contribution in [2.75, 3.05) is 33.7 Å². The number of aryl methyl sites for hydroxylation is 1. The highest BCUT2D eigenvalue weighted by atomic mass is 16.3. The maximum atomic E-state index is 5.87. The smallest absolute Gasteiger partial charge is 0.118 e. The summed E-state index contributed by atoms with van der Waals surface area (Å²) >= 11 is 0. The van der Waals surface area contributed by atoms with Crippen molar-refractivity contribution in [3.63, 3.8) is 0 Å². The molecule has 1 aromatic heterocycles. The lowest BCUT2D eigenvalue weighted by atomic mass is 10.1. The Morgan fingerprint density at radius 1 is 1.42 bits per heavy atom. The van der Waals surface area contributed by atoms with E-state index in [9.17, 15) is 0 Å². The third-order valence-corrected chi connectivity index (χ3v) is 4.15. The number of hydrogen-bond acceptors (Lipinski definition) is 4. The molecule has 0 aromatic carbocycles. The number of nitrogens with one attached hydrogen (secondary N) is 1. The second kappa shape index (κ2) is 6.55. The molecule has 0 radical (unpaired) electrons. The summed E-state index contributed by atoms with van der Waals surface area (Å²) in [7, 11) is 4.20. The molecule has 1 N–H and O–H groups in total. The first kappa shape index (κ1) is 14.6.